The Morgan fingerprint density at radius 2 is 2.16 bits per heavy atom. The van der Waals surface area contributed by atoms with Crippen LogP contribution in [0.3, 0.4) is 0 Å². The molecule has 1 aliphatic carbocycles. The number of hydrogen-bond donors (Lipinski definition) is 1. The van der Waals surface area contributed by atoms with E-state index in [0.29, 0.717) is 5.52 Å². The third-order valence-corrected chi connectivity index (χ3v) is 3.84. The Morgan fingerprint density at radius 3 is 2.79 bits per heavy atom. The molecule has 1 aromatic heterocycles. The van der Waals surface area contributed by atoms with Crippen LogP contribution < -0.4 is 5.32 Å². The highest BCUT2D eigenvalue weighted by Crippen LogP contribution is 2.38. The lowest BCUT2D eigenvalue weighted by Gasteiger charge is -2.40. The molecule has 0 saturated heterocycles. The summed E-state index contributed by atoms with van der Waals surface area (Å²) in [5, 5.41) is 15.3. The summed E-state index contributed by atoms with van der Waals surface area (Å²) in [6, 6.07) is 6.99. The number of non-ortho nitro benzene ring substituents is 1. The van der Waals surface area contributed by atoms with E-state index in [4.69, 9.17) is 0 Å². The van der Waals surface area contributed by atoms with Crippen molar-refractivity contribution in [2.24, 2.45) is 0 Å². The molecule has 0 bridgehead atoms. The number of nitro groups is 1. The van der Waals surface area contributed by atoms with Crippen molar-refractivity contribution in [2.75, 3.05) is 5.32 Å². The first-order valence-electron chi connectivity index (χ1n) is 6.39. The molecule has 0 unspecified atom stereocenters. The molecule has 0 atom stereocenters. The minimum Gasteiger partial charge on any atom is -0.379 e. The largest absolute Gasteiger partial charge is 0.379 e. The van der Waals surface area contributed by atoms with E-state index in [0.717, 1.165) is 23.9 Å². The number of nitrogens with one attached hydrogen (secondary N) is 1. The lowest BCUT2D eigenvalue weighted by atomic mass is 9.78. The van der Waals surface area contributed by atoms with Gasteiger partial charge in [0.2, 0.25) is 0 Å². The Morgan fingerprint density at radius 1 is 1.37 bits per heavy atom. The van der Waals surface area contributed by atoms with Crippen LogP contribution >= 0.6 is 0 Å². The minimum atomic E-state index is -0.385. The fourth-order valence-corrected chi connectivity index (χ4v) is 2.57. The fourth-order valence-electron chi connectivity index (χ4n) is 2.57. The molecule has 1 heterocycles. The molecule has 1 aromatic carbocycles. The van der Waals surface area contributed by atoms with Crippen LogP contribution in [0.4, 0.5) is 11.4 Å². The summed E-state index contributed by atoms with van der Waals surface area (Å²) in [4.78, 5) is 14.8. The van der Waals surface area contributed by atoms with E-state index in [1.54, 1.807) is 18.3 Å². The van der Waals surface area contributed by atoms with Gasteiger partial charge in [-0.2, -0.15) is 0 Å². The van der Waals surface area contributed by atoms with E-state index >= 15 is 0 Å². The molecule has 1 aliphatic rings. The van der Waals surface area contributed by atoms with Crippen molar-refractivity contribution in [1.82, 2.24) is 4.98 Å². The van der Waals surface area contributed by atoms with Crippen LogP contribution in [0.15, 0.2) is 30.5 Å². The van der Waals surface area contributed by atoms with Gasteiger partial charge in [-0.25, -0.2) is 4.98 Å². The zero-order valence-corrected chi connectivity index (χ0v) is 10.7. The van der Waals surface area contributed by atoms with E-state index in [-0.39, 0.29) is 16.1 Å². The van der Waals surface area contributed by atoms with E-state index in [9.17, 15) is 10.1 Å². The second kappa shape index (κ2) is 4.19. The van der Waals surface area contributed by atoms with Crippen molar-refractivity contribution in [3.05, 3.63) is 40.6 Å². The van der Waals surface area contributed by atoms with E-state index in [2.05, 4.69) is 17.2 Å². The monoisotopic (exact) mass is 257 g/mol. The van der Waals surface area contributed by atoms with Crippen LogP contribution in [0.5, 0.6) is 0 Å². The van der Waals surface area contributed by atoms with Crippen LogP contribution in [0.25, 0.3) is 10.9 Å². The van der Waals surface area contributed by atoms with Gasteiger partial charge in [0.05, 0.1) is 4.92 Å². The zero-order valence-electron chi connectivity index (χ0n) is 10.7. The molecule has 0 radical (unpaired) electrons. The van der Waals surface area contributed by atoms with E-state index in [1.165, 1.54) is 12.5 Å². The molecule has 1 saturated carbocycles. The molecule has 3 rings (SSSR count). The first-order valence-corrected chi connectivity index (χ1v) is 6.39. The second-order valence-electron chi connectivity index (χ2n) is 5.33. The van der Waals surface area contributed by atoms with Crippen molar-refractivity contribution >= 4 is 22.3 Å². The summed E-state index contributed by atoms with van der Waals surface area (Å²) in [5.74, 6) is 0. The lowest BCUT2D eigenvalue weighted by Crippen LogP contribution is -2.41. The average molecular weight is 257 g/mol. The number of nitrogens with zero attached hydrogens (tertiary/aromatic N) is 2. The van der Waals surface area contributed by atoms with Crippen LogP contribution in [-0.4, -0.2) is 15.4 Å². The summed E-state index contributed by atoms with van der Waals surface area (Å²) in [6.45, 7) is 2.18. The molecule has 5 nitrogen and oxygen atoms in total. The standard InChI is InChI=1S/C14H15N3O2/c1-14(7-3-8-14)16-11-5-6-12(17(18)19)13-10(11)4-2-9-15-13/h2,4-6,9,16H,3,7-8H2,1H3. The first-order chi connectivity index (χ1) is 9.09. The number of pyridine rings is 1. The number of fused-ring (bicyclic) bond motifs is 1. The maximum atomic E-state index is 11.0. The maximum absolute atomic E-state index is 11.0. The highest BCUT2D eigenvalue weighted by atomic mass is 16.6. The Labute approximate surface area is 110 Å². The van der Waals surface area contributed by atoms with Crippen LogP contribution in [0, 0.1) is 10.1 Å². The molecule has 0 spiro atoms. The predicted octanol–water partition coefficient (Wildman–Crippen LogP) is 3.50. The molecular weight excluding hydrogens is 242 g/mol. The predicted molar refractivity (Wildman–Crippen MR) is 74.3 cm³/mol. The Bertz CT molecular complexity index is 650. The van der Waals surface area contributed by atoms with Crippen molar-refractivity contribution in [3.63, 3.8) is 0 Å². The molecule has 2 aromatic rings. The number of rotatable bonds is 3. The van der Waals surface area contributed by atoms with Gasteiger partial charge in [-0.15, -0.1) is 0 Å². The van der Waals surface area contributed by atoms with Gasteiger partial charge >= 0.3 is 0 Å². The van der Waals surface area contributed by atoms with Crippen molar-refractivity contribution in [1.29, 1.82) is 0 Å². The summed E-state index contributed by atoms with van der Waals surface area (Å²) in [5.41, 5.74) is 1.54. The number of hydrogen-bond acceptors (Lipinski definition) is 4. The van der Waals surface area contributed by atoms with Crippen molar-refractivity contribution in [2.45, 2.75) is 31.7 Å². The minimum absolute atomic E-state index is 0.0555. The Kier molecular flexibility index (Phi) is 2.62. The van der Waals surface area contributed by atoms with E-state index in [1.807, 2.05) is 6.07 Å². The van der Waals surface area contributed by atoms with Gasteiger partial charge in [-0.1, -0.05) is 0 Å². The maximum Gasteiger partial charge on any atom is 0.295 e. The lowest BCUT2D eigenvalue weighted by molar-refractivity contribution is -0.383. The van der Waals surface area contributed by atoms with Gasteiger partial charge in [0.15, 0.2) is 0 Å². The average Bonchev–Trinajstić information content (AvgIpc) is 2.37. The summed E-state index contributed by atoms with van der Waals surface area (Å²) >= 11 is 0. The van der Waals surface area contributed by atoms with Crippen molar-refractivity contribution in [3.8, 4) is 0 Å². The quantitative estimate of drug-likeness (QED) is 0.675. The number of anilines is 1. The Hall–Kier alpha value is -2.17. The van der Waals surface area contributed by atoms with Crippen LogP contribution in [0.1, 0.15) is 26.2 Å². The van der Waals surface area contributed by atoms with Gasteiger partial charge in [0.25, 0.3) is 5.69 Å². The van der Waals surface area contributed by atoms with Gasteiger partial charge in [0, 0.05) is 28.9 Å². The summed E-state index contributed by atoms with van der Waals surface area (Å²) < 4.78 is 0. The molecule has 0 amide bonds. The van der Waals surface area contributed by atoms with Crippen LogP contribution in [-0.2, 0) is 0 Å². The molecular formula is C14H15N3O2. The molecule has 5 heteroatoms. The van der Waals surface area contributed by atoms with E-state index < -0.39 is 0 Å². The highest BCUT2D eigenvalue weighted by Gasteiger charge is 2.32. The first kappa shape index (κ1) is 11.9. The van der Waals surface area contributed by atoms with Gasteiger partial charge < -0.3 is 5.32 Å². The third kappa shape index (κ3) is 2.01. The van der Waals surface area contributed by atoms with Gasteiger partial charge in [0.1, 0.15) is 5.52 Å². The summed E-state index contributed by atoms with van der Waals surface area (Å²) in [6.07, 6.45) is 5.08. The molecule has 1 N–H and O–H groups in total. The summed E-state index contributed by atoms with van der Waals surface area (Å²) in [7, 11) is 0. The van der Waals surface area contributed by atoms with Crippen LogP contribution in [0.2, 0.25) is 0 Å². The molecule has 1 fully saturated rings. The SMILES string of the molecule is CC1(Nc2ccc([N+](=O)[O-])c3ncccc23)CCC1. The number of nitro benzene ring substituents is 1. The second-order valence-corrected chi connectivity index (χ2v) is 5.33. The highest BCUT2D eigenvalue weighted by molar-refractivity contribution is 5.97. The molecule has 98 valence electrons. The Balaban J connectivity index is 2.11. The molecule has 19 heavy (non-hydrogen) atoms. The topological polar surface area (TPSA) is 68.1 Å². The zero-order chi connectivity index (χ0) is 13.5. The van der Waals surface area contributed by atoms with Gasteiger partial charge in [-0.05, 0) is 44.4 Å². The number of aromatic nitrogens is 1. The van der Waals surface area contributed by atoms with Gasteiger partial charge in [-0.3, -0.25) is 10.1 Å². The normalized spacial score (nSPS) is 16.9. The molecule has 0 aliphatic heterocycles. The smallest absolute Gasteiger partial charge is 0.295 e. The third-order valence-electron chi connectivity index (χ3n) is 3.84. The fraction of sp³-hybridized carbons (Fsp3) is 0.357. The van der Waals surface area contributed by atoms with Crippen molar-refractivity contribution < 1.29 is 4.92 Å². The number of benzene rings is 1.